The molecule has 0 saturated heterocycles. The molecular formula is C13H13F2NO3. The first-order valence-corrected chi connectivity index (χ1v) is 5.51. The first-order valence-electron chi connectivity index (χ1n) is 5.51. The van der Waals surface area contributed by atoms with E-state index in [2.05, 4.69) is 11.9 Å². The van der Waals surface area contributed by atoms with Crippen LogP contribution in [-0.4, -0.2) is 23.0 Å². The third kappa shape index (κ3) is 4.17. The van der Waals surface area contributed by atoms with Gasteiger partial charge in [-0.1, -0.05) is 12.1 Å². The van der Waals surface area contributed by atoms with Crippen LogP contribution in [0.1, 0.15) is 12.0 Å². The van der Waals surface area contributed by atoms with Crippen LogP contribution in [0.4, 0.5) is 8.78 Å². The molecule has 0 aliphatic heterocycles. The van der Waals surface area contributed by atoms with Gasteiger partial charge in [-0.25, -0.2) is 13.6 Å². The topological polar surface area (TPSA) is 66.4 Å². The van der Waals surface area contributed by atoms with Crippen LogP contribution in [0.15, 0.2) is 30.9 Å². The van der Waals surface area contributed by atoms with E-state index in [1.54, 1.807) is 0 Å². The molecule has 0 aliphatic rings. The van der Waals surface area contributed by atoms with Crippen LogP contribution in [0.2, 0.25) is 0 Å². The molecule has 0 spiro atoms. The quantitative estimate of drug-likeness (QED) is 0.772. The second-order valence-corrected chi connectivity index (χ2v) is 3.86. The minimum atomic E-state index is -1.23. The van der Waals surface area contributed by atoms with Gasteiger partial charge in [0.25, 0.3) is 0 Å². The largest absolute Gasteiger partial charge is 0.480 e. The monoisotopic (exact) mass is 269 g/mol. The van der Waals surface area contributed by atoms with Crippen LogP contribution in [0, 0.1) is 11.6 Å². The van der Waals surface area contributed by atoms with Gasteiger partial charge >= 0.3 is 5.97 Å². The highest BCUT2D eigenvalue weighted by Gasteiger charge is 2.20. The third-order valence-corrected chi connectivity index (χ3v) is 2.43. The van der Waals surface area contributed by atoms with Crippen LogP contribution in [0.25, 0.3) is 0 Å². The molecule has 0 aliphatic carbocycles. The smallest absolute Gasteiger partial charge is 0.326 e. The number of hydrogen-bond donors (Lipinski definition) is 2. The molecule has 0 fully saturated rings. The van der Waals surface area contributed by atoms with Crippen molar-refractivity contribution in [3.63, 3.8) is 0 Å². The Labute approximate surface area is 108 Å². The minimum absolute atomic E-state index is 0.0286. The van der Waals surface area contributed by atoms with Crippen LogP contribution in [0.3, 0.4) is 0 Å². The maximum Gasteiger partial charge on any atom is 0.326 e. The zero-order valence-electron chi connectivity index (χ0n) is 10.0. The van der Waals surface area contributed by atoms with Crippen molar-refractivity contribution >= 4 is 11.9 Å². The summed E-state index contributed by atoms with van der Waals surface area (Å²) in [5.41, 5.74) is -0.386. The molecule has 6 heteroatoms. The lowest BCUT2D eigenvalue weighted by molar-refractivity contribution is -0.141. The molecule has 0 saturated carbocycles. The zero-order chi connectivity index (χ0) is 14.4. The van der Waals surface area contributed by atoms with Gasteiger partial charge in [0.1, 0.15) is 17.7 Å². The Bertz CT molecular complexity index is 482. The summed E-state index contributed by atoms with van der Waals surface area (Å²) in [6.45, 7) is 3.37. The predicted molar refractivity (Wildman–Crippen MR) is 64.4 cm³/mol. The van der Waals surface area contributed by atoms with Gasteiger partial charge in [0.05, 0.1) is 6.42 Å². The van der Waals surface area contributed by atoms with Crippen molar-refractivity contribution < 1.29 is 23.5 Å². The summed E-state index contributed by atoms with van der Waals surface area (Å²) in [6, 6.07) is 2.10. The van der Waals surface area contributed by atoms with Crippen LogP contribution < -0.4 is 5.32 Å². The van der Waals surface area contributed by atoms with Gasteiger partial charge in [0.15, 0.2) is 0 Å². The standard InChI is InChI=1S/C13H13F2NO3/c1-2-4-11(13(18)19)16-12(17)7-8-9(14)5-3-6-10(8)15/h2-3,5-6,11H,1,4,7H2,(H,16,17)(H,18,19). The Hall–Kier alpha value is -2.24. The van der Waals surface area contributed by atoms with Crippen LogP contribution in [0.5, 0.6) is 0 Å². The zero-order valence-corrected chi connectivity index (χ0v) is 10.0. The molecule has 1 aromatic carbocycles. The maximum absolute atomic E-state index is 13.3. The molecule has 1 amide bonds. The highest BCUT2D eigenvalue weighted by molar-refractivity contribution is 5.85. The summed E-state index contributed by atoms with van der Waals surface area (Å²) in [4.78, 5) is 22.4. The molecular weight excluding hydrogens is 256 g/mol. The fourth-order valence-corrected chi connectivity index (χ4v) is 1.50. The first kappa shape index (κ1) is 14.8. The lowest BCUT2D eigenvalue weighted by Crippen LogP contribution is -2.41. The Balaban J connectivity index is 2.74. The van der Waals surface area contributed by atoms with Gasteiger partial charge in [-0.2, -0.15) is 0 Å². The Morgan fingerprint density at radius 3 is 2.42 bits per heavy atom. The van der Waals surface area contributed by atoms with E-state index in [1.165, 1.54) is 12.1 Å². The Morgan fingerprint density at radius 1 is 1.37 bits per heavy atom. The van der Waals surface area contributed by atoms with E-state index in [-0.39, 0.29) is 12.0 Å². The number of nitrogens with one attached hydrogen (secondary N) is 1. The molecule has 0 aromatic heterocycles. The first-order chi connectivity index (χ1) is 8.95. The second-order valence-electron chi connectivity index (χ2n) is 3.86. The normalized spacial score (nSPS) is 11.7. The number of carboxylic acid groups (broad SMARTS) is 1. The van der Waals surface area contributed by atoms with Crippen molar-refractivity contribution in [3.05, 3.63) is 48.1 Å². The number of rotatable bonds is 6. The van der Waals surface area contributed by atoms with Crippen molar-refractivity contribution in [1.29, 1.82) is 0 Å². The average Bonchev–Trinajstić information content (AvgIpc) is 2.33. The van der Waals surface area contributed by atoms with Crippen LogP contribution in [-0.2, 0) is 16.0 Å². The highest BCUT2D eigenvalue weighted by atomic mass is 19.1. The van der Waals surface area contributed by atoms with Crippen LogP contribution >= 0.6 is 0 Å². The fraction of sp³-hybridized carbons (Fsp3) is 0.231. The van der Waals surface area contributed by atoms with E-state index in [4.69, 9.17) is 5.11 Å². The summed E-state index contributed by atoms with van der Waals surface area (Å²) in [6.07, 6.45) is 0.809. The van der Waals surface area contributed by atoms with E-state index in [0.29, 0.717) is 0 Å². The average molecular weight is 269 g/mol. The summed E-state index contributed by atoms with van der Waals surface area (Å²) in [5, 5.41) is 11.0. The van der Waals surface area contributed by atoms with E-state index < -0.39 is 36.0 Å². The van der Waals surface area contributed by atoms with Gasteiger partial charge in [0.2, 0.25) is 5.91 Å². The number of carbonyl (C=O) groups is 2. The molecule has 1 aromatic rings. The fourth-order valence-electron chi connectivity index (χ4n) is 1.50. The van der Waals surface area contributed by atoms with E-state index in [0.717, 1.165) is 12.1 Å². The van der Waals surface area contributed by atoms with Gasteiger partial charge in [0, 0.05) is 5.56 Å². The summed E-state index contributed by atoms with van der Waals surface area (Å²) in [5.74, 6) is -3.68. The molecule has 0 heterocycles. The van der Waals surface area contributed by atoms with Gasteiger partial charge in [-0.05, 0) is 18.6 Å². The van der Waals surface area contributed by atoms with E-state index in [9.17, 15) is 18.4 Å². The molecule has 2 N–H and O–H groups in total. The number of amides is 1. The van der Waals surface area contributed by atoms with Crippen molar-refractivity contribution in [2.24, 2.45) is 0 Å². The number of benzene rings is 1. The molecule has 102 valence electrons. The molecule has 0 radical (unpaired) electrons. The summed E-state index contributed by atoms with van der Waals surface area (Å²) < 4.78 is 26.6. The third-order valence-electron chi connectivity index (χ3n) is 2.43. The lowest BCUT2D eigenvalue weighted by Gasteiger charge is -2.13. The molecule has 1 rings (SSSR count). The van der Waals surface area contributed by atoms with Gasteiger partial charge < -0.3 is 10.4 Å². The Kier molecular flexibility index (Phi) is 5.17. The Morgan fingerprint density at radius 2 is 1.95 bits per heavy atom. The van der Waals surface area contributed by atoms with Crippen molar-refractivity contribution in [1.82, 2.24) is 5.32 Å². The number of carbonyl (C=O) groups excluding carboxylic acids is 1. The molecule has 19 heavy (non-hydrogen) atoms. The van der Waals surface area contributed by atoms with E-state index in [1.807, 2.05) is 0 Å². The van der Waals surface area contributed by atoms with Gasteiger partial charge in [-0.3, -0.25) is 4.79 Å². The minimum Gasteiger partial charge on any atom is -0.480 e. The summed E-state index contributed by atoms with van der Waals surface area (Å²) >= 11 is 0. The van der Waals surface area contributed by atoms with Gasteiger partial charge in [-0.15, -0.1) is 6.58 Å². The number of halogens is 2. The maximum atomic E-state index is 13.3. The SMILES string of the molecule is C=CCC(NC(=O)Cc1c(F)cccc1F)C(=O)O. The number of aliphatic carboxylic acids is 1. The summed E-state index contributed by atoms with van der Waals surface area (Å²) in [7, 11) is 0. The number of hydrogen-bond acceptors (Lipinski definition) is 2. The highest BCUT2D eigenvalue weighted by Crippen LogP contribution is 2.12. The predicted octanol–water partition coefficient (Wildman–Crippen LogP) is 1.65. The lowest BCUT2D eigenvalue weighted by atomic mass is 10.1. The van der Waals surface area contributed by atoms with Crippen molar-refractivity contribution in [3.8, 4) is 0 Å². The molecule has 1 unspecified atom stereocenters. The molecule has 4 nitrogen and oxygen atoms in total. The molecule has 1 atom stereocenters. The van der Waals surface area contributed by atoms with E-state index >= 15 is 0 Å². The van der Waals surface area contributed by atoms with Crippen molar-refractivity contribution in [2.45, 2.75) is 18.9 Å². The van der Waals surface area contributed by atoms with Crippen molar-refractivity contribution in [2.75, 3.05) is 0 Å². The molecule has 0 bridgehead atoms. The second kappa shape index (κ2) is 6.63. The number of carboxylic acids is 1.